The zero-order valence-electron chi connectivity index (χ0n) is 14.1. The molecule has 0 bridgehead atoms. The first kappa shape index (κ1) is 17.1. The third-order valence-electron chi connectivity index (χ3n) is 3.52. The molecule has 128 valence electrons. The Morgan fingerprint density at radius 3 is 2.56 bits per heavy atom. The highest BCUT2D eigenvalue weighted by Gasteiger charge is 2.13. The summed E-state index contributed by atoms with van der Waals surface area (Å²) in [5.74, 6) is 0.613. The minimum absolute atomic E-state index is 0.0196. The molecule has 0 saturated carbocycles. The summed E-state index contributed by atoms with van der Waals surface area (Å²) in [5.41, 5.74) is 3.10. The fraction of sp³-hybridized carbons (Fsp3) is 0.235. The van der Waals surface area contributed by atoms with Crippen molar-refractivity contribution in [3.63, 3.8) is 0 Å². The van der Waals surface area contributed by atoms with E-state index in [0.717, 1.165) is 11.4 Å². The van der Waals surface area contributed by atoms with Gasteiger partial charge in [-0.1, -0.05) is 11.8 Å². The van der Waals surface area contributed by atoms with Gasteiger partial charge < -0.3 is 5.32 Å². The van der Waals surface area contributed by atoms with E-state index in [1.165, 1.54) is 18.7 Å². The first-order valence-corrected chi connectivity index (χ1v) is 8.65. The van der Waals surface area contributed by atoms with Gasteiger partial charge in [0.15, 0.2) is 10.9 Å². The van der Waals surface area contributed by atoms with Crippen LogP contribution >= 0.6 is 11.8 Å². The molecule has 0 spiro atoms. The van der Waals surface area contributed by atoms with Crippen molar-refractivity contribution in [3.05, 3.63) is 47.3 Å². The van der Waals surface area contributed by atoms with Crippen LogP contribution in [-0.2, 0) is 4.79 Å². The SMILES string of the molecule is CC(=O)Nc1ccc(C(=O)CSc2nnc3nc(C)cc(C)n23)cc1. The molecule has 0 atom stereocenters. The summed E-state index contributed by atoms with van der Waals surface area (Å²) >= 11 is 1.32. The number of hydrogen-bond donors (Lipinski definition) is 1. The molecular weight excluding hydrogens is 338 g/mol. The number of aryl methyl sites for hydroxylation is 2. The van der Waals surface area contributed by atoms with Gasteiger partial charge in [0.1, 0.15) is 0 Å². The number of aromatic nitrogens is 4. The van der Waals surface area contributed by atoms with Gasteiger partial charge in [-0.15, -0.1) is 10.2 Å². The number of fused-ring (bicyclic) bond motifs is 1. The van der Waals surface area contributed by atoms with Crippen LogP contribution in [0.4, 0.5) is 5.69 Å². The van der Waals surface area contributed by atoms with E-state index in [2.05, 4.69) is 20.5 Å². The van der Waals surface area contributed by atoms with Gasteiger partial charge in [-0.3, -0.25) is 14.0 Å². The van der Waals surface area contributed by atoms with Crippen LogP contribution in [0.1, 0.15) is 28.7 Å². The summed E-state index contributed by atoms with van der Waals surface area (Å²) in [6.07, 6.45) is 0. The smallest absolute Gasteiger partial charge is 0.256 e. The Morgan fingerprint density at radius 1 is 1.16 bits per heavy atom. The average Bonchev–Trinajstić information content (AvgIpc) is 2.96. The maximum atomic E-state index is 12.4. The van der Waals surface area contributed by atoms with E-state index in [9.17, 15) is 9.59 Å². The molecule has 0 aliphatic carbocycles. The van der Waals surface area contributed by atoms with Crippen LogP contribution in [0.5, 0.6) is 0 Å². The summed E-state index contributed by atoms with van der Waals surface area (Å²) in [6.45, 7) is 5.30. The number of rotatable bonds is 5. The second-order valence-electron chi connectivity index (χ2n) is 5.63. The number of amides is 1. The van der Waals surface area contributed by atoms with Crippen LogP contribution in [0, 0.1) is 13.8 Å². The van der Waals surface area contributed by atoms with Crippen LogP contribution in [0.15, 0.2) is 35.5 Å². The fourth-order valence-corrected chi connectivity index (χ4v) is 3.33. The highest BCUT2D eigenvalue weighted by atomic mass is 32.2. The van der Waals surface area contributed by atoms with Gasteiger partial charge >= 0.3 is 0 Å². The molecule has 0 aliphatic rings. The second-order valence-corrected chi connectivity index (χ2v) is 6.57. The lowest BCUT2D eigenvalue weighted by molar-refractivity contribution is -0.114. The van der Waals surface area contributed by atoms with Crippen molar-refractivity contribution >= 4 is 34.9 Å². The highest BCUT2D eigenvalue weighted by molar-refractivity contribution is 7.99. The van der Waals surface area contributed by atoms with Gasteiger partial charge in [0.2, 0.25) is 5.91 Å². The molecule has 2 aromatic heterocycles. The number of Topliss-reactive ketones (excluding diaryl/α,β-unsaturated/α-hetero) is 1. The predicted octanol–water partition coefficient (Wildman–Crippen LogP) is 2.67. The largest absolute Gasteiger partial charge is 0.326 e. The van der Waals surface area contributed by atoms with Gasteiger partial charge in [0.05, 0.1) is 5.75 Å². The van der Waals surface area contributed by atoms with E-state index >= 15 is 0 Å². The Labute approximate surface area is 148 Å². The molecule has 1 aromatic carbocycles. The first-order valence-electron chi connectivity index (χ1n) is 7.67. The lowest BCUT2D eigenvalue weighted by atomic mass is 10.1. The van der Waals surface area contributed by atoms with Crippen LogP contribution in [0.25, 0.3) is 5.78 Å². The Hall–Kier alpha value is -2.74. The van der Waals surface area contributed by atoms with E-state index < -0.39 is 0 Å². The third-order valence-corrected chi connectivity index (χ3v) is 4.45. The zero-order chi connectivity index (χ0) is 18.0. The summed E-state index contributed by atoms with van der Waals surface area (Å²) in [7, 11) is 0. The summed E-state index contributed by atoms with van der Waals surface area (Å²) < 4.78 is 1.84. The fourth-order valence-electron chi connectivity index (χ4n) is 2.45. The minimum atomic E-state index is -0.146. The van der Waals surface area contributed by atoms with Gasteiger partial charge in [-0.2, -0.15) is 0 Å². The van der Waals surface area contributed by atoms with E-state index in [0.29, 0.717) is 22.2 Å². The molecule has 1 N–H and O–H groups in total. The number of carbonyl (C=O) groups is 2. The number of hydrogen-bond acceptors (Lipinski definition) is 6. The molecule has 25 heavy (non-hydrogen) atoms. The minimum Gasteiger partial charge on any atom is -0.326 e. The molecule has 8 heteroatoms. The van der Waals surface area contributed by atoms with E-state index in [-0.39, 0.29) is 17.4 Å². The normalized spacial score (nSPS) is 10.8. The predicted molar refractivity (Wildman–Crippen MR) is 96.1 cm³/mol. The van der Waals surface area contributed by atoms with Gasteiger partial charge in [0, 0.05) is 29.6 Å². The maximum absolute atomic E-state index is 12.4. The molecule has 1 amide bonds. The molecule has 0 radical (unpaired) electrons. The Balaban J connectivity index is 1.71. The van der Waals surface area contributed by atoms with Gasteiger partial charge in [-0.25, -0.2) is 4.98 Å². The molecule has 0 fully saturated rings. The van der Waals surface area contributed by atoms with E-state index in [1.807, 2.05) is 24.3 Å². The summed E-state index contributed by atoms with van der Waals surface area (Å²) in [6, 6.07) is 8.77. The zero-order valence-corrected chi connectivity index (χ0v) is 14.9. The van der Waals surface area contributed by atoms with Crippen molar-refractivity contribution < 1.29 is 9.59 Å². The lowest BCUT2D eigenvalue weighted by Crippen LogP contribution is -2.07. The molecule has 0 aliphatic heterocycles. The number of nitrogens with one attached hydrogen (secondary N) is 1. The van der Waals surface area contributed by atoms with E-state index in [1.54, 1.807) is 24.3 Å². The lowest BCUT2D eigenvalue weighted by Gasteiger charge is -2.05. The Bertz CT molecular complexity index is 950. The Morgan fingerprint density at radius 2 is 1.88 bits per heavy atom. The van der Waals surface area contributed by atoms with Crippen molar-refractivity contribution in [3.8, 4) is 0 Å². The number of anilines is 1. The summed E-state index contributed by atoms with van der Waals surface area (Å²) in [5, 5.41) is 11.5. The van der Waals surface area contributed by atoms with Crippen molar-refractivity contribution in [2.24, 2.45) is 0 Å². The van der Waals surface area contributed by atoms with Crippen molar-refractivity contribution in [2.45, 2.75) is 25.9 Å². The van der Waals surface area contributed by atoms with E-state index in [4.69, 9.17) is 0 Å². The molecule has 2 heterocycles. The van der Waals surface area contributed by atoms with Crippen LogP contribution in [0.3, 0.4) is 0 Å². The van der Waals surface area contributed by atoms with Crippen molar-refractivity contribution in [2.75, 3.05) is 11.1 Å². The quantitative estimate of drug-likeness (QED) is 0.559. The molecule has 7 nitrogen and oxygen atoms in total. The Kier molecular flexibility index (Phi) is 4.80. The van der Waals surface area contributed by atoms with Gasteiger partial charge in [0.25, 0.3) is 5.78 Å². The number of nitrogens with zero attached hydrogens (tertiary/aromatic N) is 4. The first-order chi connectivity index (χ1) is 11.9. The monoisotopic (exact) mass is 355 g/mol. The number of ketones is 1. The topological polar surface area (TPSA) is 89.2 Å². The molecule has 0 saturated heterocycles. The van der Waals surface area contributed by atoms with Crippen molar-refractivity contribution in [1.82, 2.24) is 19.6 Å². The maximum Gasteiger partial charge on any atom is 0.256 e. The number of benzene rings is 1. The molecule has 0 unspecified atom stereocenters. The molecule has 3 rings (SSSR count). The van der Waals surface area contributed by atoms with Crippen molar-refractivity contribution in [1.29, 1.82) is 0 Å². The third kappa shape index (κ3) is 3.85. The second kappa shape index (κ2) is 7.02. The average molecular weight is 355 g/mol. The van der Waals surface area contributed by atoms with Crippen LogP contribution in [0.2, 0.25) is 0 Å². The van der Waals surface area contributed by atoms with Crippen LogP contribution < -0.4 is 5.32 Å². The highest BCUT2D eigenvalue weighted by Crippen LogP contribution is 2.20. The molecule has 3 aromatic rings. The van der Waals surface area contributed by atoms with Gasteiger partial charge in [-0.05, 0) is 44.2 Å². The number of carbonyl (C=O) groups excluding carboxylic acids is 2. The van der Waals surface area contributed by atoms with Crippen LogP contribution in [-0.4, -0.2) is 37.0 Å². The standard InChI is InChI=1S/C17H17N5O2S/c1-10-8-11(2)22-16(18-10)20-21-17(22)25-9-15(24)13-4-6-14(7-5-13)19-12(3)23/h4-8H,9H2,1-3H3,(H,19,23). The molecular formula is C17H17N5O2S. The number of thioether (sulfide) groups is 1. The summed E-state index contributed by atoms with van der Waals surface area (Å²) in [4.78, 5) is 27.7.